The molecule has 2 aliphatic rings. The van der Waals surface area contributed by atoms with Gasteiger partial charge in [0.25, 0.3) is 11.8 Å². The number of thiophene rings is 1. The summed E-state index contributed by atoms with van der Waals surface area (Å²) in [6.45, 7) is 3.21. The van der Waals surface area contributed by atoms with Crippen molar-refractivity contribution in [3.05, 3.63) is 47.1 Å². The molecule has 6 rings (SSSR count). The number of hydrogen-bond acceptors (Lipinski definition) is 8. The van der Waals surface area contributed by atoms with Crippen molar-refractivity contribution in [3.8, 4) is 5.75 Å². The van der Waals surface area contributed by atoms with Gasteiger partial charge in [-0.1, -0.05) is 6.07 Å². The number of carbonyl (C=O) groups excluding carboxylic acids is 2. The van der Waals surface area contributed by atoms with Crippen molar-refractivity contribution in [2.24, 2.45) is 0 Å². The zero-order chi connectivity index (χ0) is 22.7. The number of imide groups is 1. The zero-order valence-electron chi connectivity index (χ0n) is 17.8. The molecule has 166 valence electrons. The van der Waals surface area contributed by atoms with Gasteiger partial charge in [-0.3, -0.25) is 14.9 Å². The summed E-state index contributed by atoms with van der Waals surface area (Å²) in [5, 5.41) is 16.3. The van der Waals surface area contributed by atoms with Gasteiger partial charge >= 0.3 is 0 Å². The van der Waals surface area contributed by atoms with Gasteiger partial charge in [-0.2, -0.15) is 0 Å². The van der Waals surface area contributed by atoms with E-state index in [1.54, 1.807) is 18.3 Å². The first-order valence-corrected chi connectivity index (χ1v) is 11.5. The summed E-state index contributed by atoms with van der Waals surface area (Å²) >= 11 is 1.52. The fourth-order valence-corrected chi connectivity index (χ4v) is 5.25. The minimum absolute atomic E-state index is 0.0406. The van der Waals surface area contributed by atoms with Crippen molar-refractivity contribution in [3.63, 3.8) is 0 Å². The van der Waals surface area contributed by atoms with Crippen LogP contribution in [0.4, 0.5) is 5.95 Å². The Hall–Kier alpha value is -3.76. The highest BCUT2D eigenvalue weighted by atomic mass is 32.1. The average Bonchev–Trinajstić information content (AvgIpc) is 3.48. The second kappa shape index (κ2) is 7.39. The summed E-state index contributed by atoms with van der Waals surface area (Å²) in [5.41, 5.74) is 1.80. The molecule has 33 heavy (non-hydrogen) atoms. The molecule has 0 saturated carbocycles. The quantitative estimate of drug-likeness (QED) is 0.402. The molecule has 10 heteroatoms. The number of H-pyrrole nitrogens is 1. The molecule has 1 fully saturated rings. The monoisotopic (exact) mass is 460 g/mol. The Kier molecular flexibility index (Phi) is 4.46. The van der Waals surface area contributed by atoms with Crippen molar-refractivity contribution < 1.29 is 14.7 Å². The maximum absolute atomic E-state index is 13.1. The smallest absolute Gasteiger partial charge is 0.261 e. The van der Waals surface area contributed by atoms with Gasteiger partial charge in [0.1, 0.15) is 10.6 Å². The van der Waals surface area contributed by atoms with Gasteiger partial charge in [0.15, 0.2) is 0 Å². The van der Waals surface area contributed by atoms with Gasteiger partial charge in [0, 0.05) is 43.3 Å². The van der Waals surface area contributed by atoms with Gasteiger partial charge < -0.3 is 19.9 Å². The molecule has 9 nitrogen and oxygen atoms in total. The Labute approximate surface area is 192 Å². The Morgan fingerprint density at radius 1 is 1.03 bits per heavy atom. The largest absolute Gasteiger partial charge is 0.507 e. The van der Waals surface area contributed by atoms with Gasteiger partial charge in [-0.15, -0.1) is 11.3 Å². The van der Waals surface area contributed by atoms with Crippen LogP contribution in [-0.4, -0.2) is 70.0 Å². The van der Waals surface area contributed by atoms with E-state index in [4.69, 9.17) is 4.98 Å². The predicted octanol–water partition coefficient (Wildman–Crippen LogP) is 2.20. The van der Waals surface area contributed by atoms with Crippen LogP contribution in [0.25, 0.3) is 32.3 Å². The molecule has 0 radical (unpaired) electrons. The van der Waals surface area contributed by atoms with Gasteiger partial charge in [0.05, 0.1) is 27.7 Å². The molecule has 0 atom stereocenters. The number of phenolic OH excluding ortho intramolecular Hbond substituents is 1. The number of likely N-dealkylation sites (N-methyl/N-ethyl adjacent to an activating group) is 1. The standard InChI is InChI=1S/C23H20N6O3S/c1-28-6-8-29(9-7-28)23-25-14-3-2-4-15(30)17(14)19(26-23)18-16(20(31)27-21(18)32)13-11-24-22-12(13)5-10-33-22/h2-5,10-11,24,30H,6-9H2,1H3,(H,27,31,32). The van der Waals surface area contributed by atoms with Gasteiger partial charge in [0.2, 0.25) is 5.95 Å². The molecule has 0 spiro atoms. The van der Waals surface area contributed by atoms with Crippen LogP contribution in [0.1, 0.15) is 11.3 Å². The maximum atomic E-state index is 13.1. The second-order valence-corrected chi connectivity index (χ2v) is 9.15. The summed E-state index contributed by atoms with van der Waals surface area (Å²) in [4.78, 5) is 43.9. The Morgan fingerprint density at radius 2 is 1.82 bits per heavy atom. The highest BCUT2D eigenvalue weighted by Gasteiger charge is 2.36. The lowest BCUT2D eigenvalue weighted by molar-refractivity contribution is -0.122. The number of benzene rings is 1. The molecular weight excluding hydrogens is 440 g/mol. The number of anilines is 1. The molecular formula is C23H20N6O3S. The van der Waals surface area contributed by atoms with Crippen molar-refractivity contribution in [1.29, 1.82) is 0 Å². The van der Waals surface area contributed by atoms with Crippen molar-refractivity contribution in [2.45, 2.75) is 0 Å². The molecule has 0 unspecified atom stereocenters. The third-order valence-corrected chi connectivity index (χ3v) is 7.06. The van der Waals surface area contributed by atoms with Crippen LogP contribution >= 0.6 is 11.3 Å². The number of amides is 2. The normalized spacial score (nSPS) is 17.5. The molecule has 3 N–H and O–H groups in total. The first-order chi connectivity index (χ1) is 16.0. The molecule has 1 saturated heterocycles. The fraction of sp³-hybridized carbons (Fsp3) is 0.217. The summed E-state index contributed by atoms with van der Waals surface area (Å²) < 4.78 is 0. The SMILES string of the molecule is CN1CCN(c2nc(C3=C(c4c[nH]c5sccc45)C(=O)NC3=O)c3c(O)cccc3n2)CC1. The summed E-state index contributed by atoms with van der Waals surface area (Å²) in [6.07, 6.45) is 1.74. The van der Waals surface area contributed by atoms with Crippen LogP contribution in [0.5, 0.6) is 5.75 Å². The van der Waals surface area contributed by atoms with E-state index in [2.05, 4.69) is 32.1 Å². The molecule has 5 heterocycles. The predicted molar refractivity (Wildman–Crippen MR) is 127 cm³/mol. The Morgan fingerprint density at radius 3 is 2.64 bits per heavy atom. The molecule has 3 aromatic heterocycles. The number of phenols is 1. The molecule has 1 aromatic carbocycles. The molecule has 0 aliphatic carbocycles. The minimum Gasteiger partial charge on any atom is -0.507 e. The number of rotatable bonds is 3. The lowest BCUT2D eigenvalue weighted by atomic mass is 9.97. The van der Waals surface area contributed by atoms with Crippen LogP contribution in [0.15, 0.2) is 35.8 Å². The Balaban J connectivity index is 1.63. The fourth-order valence-electron chi connectivity index (χ4n) is 4.48. The number of piperazine rings is 1. The van der Waals surface area contributed by atoms with Crippen molar-refractivity contribution in [2.75, 3.05) is 38.1 Å². The molecule has 4 aromatic rings. The molecule has 2 aliphatic heterocycles. The highest BCUT2D eigenvalue weighted by molar-refractivity contribution is 7.16. The number of carbonyl (C=O) groups is 2. The summed E-state index contributed by atoms with van der Waals surface area (Å²) in [7, 11) is 2.07. The zero-order valence-corrected chi connectivity index (χ0v) is 18.6. The number of fused-ring (bicyclic) bond motifs is 2. The first kappa shape index (κ1) is 19.9. The lowest BCUT2D eigenvalue weighted by Gasteiger charge is -2.32. The molecule has 0 bridgehead atoms. The Bertz CT molecular complexity index is 1480. The van der Waals surface area contributed by atoms with Crippen molar-refractivity contribution >= 4 is 61.4 Å². The van der Waals surface area contributed by atoms with E-state index in [1.165, 1.54) is 17.4 Å². The topological polar surface area (TPSA) is 114 Å². The summed E-state index contributed by atoms with van der Waals surface area (Å²) in [5.74, 6) is -0.580. The van der Waals surface area contributed by atoms with E-state index in [9.17, 15) is 14.7 Å². The van der Waals surface area contributed by atoms with Crippen LogP contribution in [0.2, 0.25) is 0 Å². The van der Waals surface area contributed by atoms with E-state index in [0.717, 1.165) is 36.4 Å². The first-order valence-electron chi connectivity index (χ1n) is 10.6. The van der Waals surface area contributed by atoms with E-state index in [0.29, 0.717) is 22.4 Å². The van der Waals surface area contributed by atoms with E-state index >= 15 is 0 Å². The minimum atomic E-state index is -0.535. The van der Waals surface area contributed by atoms with Crippen molar-refractivity contribution in [1.82, 2.24) is 25.2 Å². The average molecular weight is 461 g/mol. The molecule has 2 amide bonds. The third kappa shape index (κ3) is 3.10. The number of aromatic amines is 1. The van der Waals surface area contributed by atoms with E-state index < -0.39 is 11.8 Å². The van der Waals surface area contributed by atoms with Crippen LogP contribution in [-0.2, 0) is 9.59 Å². The lowest BCUT2D eigenvalue weighted by Crippen LogP contribution is -2.45. The highest BCUT2D eigenvalue weighted by Crippen LogP contribution is 2.40. The third-order valence-electron chi connectivity index (χ3n) is 6.22. The number of nitrogens with zero attached hydrogens (tertiary/aromatic N) is 4. The van der Waals surface area contributed by atoms with E-state index in [1.807, 2.05) is 11.4 Å². The maximum Gasteiger partial charge on any atom is 0.261 e. The van der Waals surface area contributed by atoms with E-state index in [-0.39, 0.29) is 22.6 Å². The van der Waals surface area contributed by atoms with Gasteiger partial charge in [-0.05, 0) is 30.6 Å². The van der Waals surface area contributed by atoms with Crippen LogP contribution in [0.3, 0.4) is 0 Å². The summed E-state index contributed by atoms with van der Waals surface area (Å²) in [6, 6.07) is 6.94. The van der Waals surface area contributed by atoms with Gasteiger partial charge in [-0.25, -0.2) is 9.97 Å². The number of aromatic nitrogens is 3. The number of aromatic hydroxyl groups is 1. The van der Waals surface area contributed by atoms with Crippen LogP contribution in [0, 0.1) is 0 Å². The van der Waals surface area contributed by atoms with Crippen LogP contribution < -0.4 is 10.2 Å². The second-order valence-electron chi connectivity index (χ2n) is 8.23. The number of hydrogen-bond donors (Lipinski definition) is 3. The number of nitrogens with one attached hydrogen (secondary N) is 2.